The molecule has 15 nitrogen and oxygen atoms in total. The highest BCUT2D eigenvalue weighted by Crippen LogP contribution is 2.63. The fraction of sp³-hybridized carbons (Fsp3) is 0.697. The second-order valence-electron chi connectivity index (χ2n) is 13.5. The third kappa shape index (κ3) is 7.08. The summed E-state index contributed by atoms with van der Waals surface area (Å²) in [5, 5.41) is 22.5. The van der Waals surface area contributed by atoms with Crippen LogP contribution in [0.25, 0.3) is 0 Å². The number of aliphatic hydroxyl groups is 2. The van der Waals surface area contributed by atoms with Crippen LogP contribution >= 0.6 is 11.6 Å². The molecule has 0 aromatic heterocycles. The summed E-state index contributed by atoms with van der Waals surface area (Å²) in [7, 11) is 0. The molecule has 1 spiro atoms. The van der Waals surface area contributed by atoms with Crippen molar-refractivity contribution >= 4 is 47.4 Å². The first-order chi connectivity index (χ1) is 22.9. The lowest BCUT2D eigenvalue weighted by Crippen LogP contribution is -2.76. The van der Waals surface area contributed by atoms with Gasteiger partial charge in [0.05, 0.1) is 17.9 Å². The first-order valence-electron chi connectivity index (χ1n) is 15.9. The van der Waals surface area contributed by atoms with Crippen molar-refractivity contribution in [2.75, 3.05) is 19.1 Å². The second kappa shape index (κ2) is 14.4. The van der Waals surface area contributed by atoms with Gasteiger partial charge < -0.3 is 43.4 Å². The van der Waals surface area contributed by atoms with Gasteiger partial charge in [0.15, 0.2) is 30.0 Å². The van der Waals surface area contributed by atoms with Crippen molar-refractivity contribution in [1.82, 2.24) is 0 Å². The molecule has 11 atom stereocenters. The van der Waals surface area contributed by atoms with Gasteiger partial charge in [-0.2, -0.15) is 0 Å². The van der Waals surface area contributed by atoms with Crippen molar-refractivity contribution in [3.8, 4) is 0 Å². The van der Waals surface area contributed by atoms with Gasteiger partial charge in [0, 0.05) is 39.0 Å². The van der Waals surface area contributed by atoms with Gasteiger partial charge in [-0.3, -0.25) is 24.0 Å². The van der Waals surface area contributed by atoms with Gasteiger partial charge >= 0.3 is 35.8 Å². The lowest BCUT2D eigenvalue weighted by atomic mass is 9.51. The predicted molar refractivity (Wildman–Crippen MR) is 165 cm³/mol. The minimum absolute atomic E-state index is 0.126. The summed E-state index contributed by atoms with van der Waals surface area (Å²) in [4.78, 5) is 77.9. The Bertz CT molecular complexity index is 1420. The average Bonchev–Trinajstić information content (AvgIpc) is 3.75. The molecular weight excluding hydrogens is 672 g/mol. The van der Waals surface area contributed by atoms with Crippen LogP contribution < -0.4 is 0 Å². The number of halogens is 1. The molecule has 272 valence electrons. The Labute approximate surface area is 288 Å². The number of ether oxygens (including phenoxy) is 7. The molecule has 4 aliphatic rings. The Balaban J connectivity index is 2.17. The topological polar surface area (TPSA) is 211 Å². The molecule has 2 N–H and O–H groups in total. The smallest absolute Gasteiger partial charge is 0.332 e. The van der Waals surface area contributed by atoms with E-state index in [1.54, 1.807) is 13.8 Å². The highest BCUT2D eigenvalue weighted by atomic mass is 35.5. The van der Waals surface area contributed by atoms with E-state index in [0.29, 0.717) is 0 Å². The summed E-state index contributed by atoms with van der Waals surface area (Å²) in [6.07, 6.45) is -5.60. The van der Waals surface area contributed by atoms with Gasteiger partial charge in [-0.15, -0.1) is 11.6 Å². The average molecular weight is 715 g/mol. The lowest BCUT2D eigenvalue weighted by molar-refractivity contribution is -0.280. The first kappa shape index (κ1) is 38.3. The van der Waals surface area contributed by atoms with Crippen LogP contribution in [0, 0.1) is 23.2 Å². The molecule has 0 bridgehead atoms. The van der Waals surface area contributed by atoms with Gasteiger partial charge in [-0.05, 0) is 30.6 Å². The molecule has 49 heavy (non-hydrogen) atoms. The third-order valence-corrected chi connectivity index (χ3v) is 9.91. The fourth-order valence-corrected chi connectivity index (χ4v) is 7.62. The van der Waals surface area contributed by atoms with Crippen LogP contribution in [0.2, 0.25) is 0 Å². The second-order valence-corrected chi connectivity index (χ2v) is 13.8. The van der Waals surface area contributed by atoms with Crippen molar-refractivity contribution in [3.05, 3.63) is 23.8 Å². The van der Waals surface area contributed by atoms with Gasteiger partial charge in [0.1, 0.15) is 24.4 Å². The van der Waals surface area contributed by atoms with E-state index in [1.807, 2.05) is 0 Å². The number of hydrogen-bond donors (Lipinski definition) is 2. The van der Waals surface area contributed by atoms with Gasteiger partial charge in [-0.25, -0.2) is 4.79 Å². The zero-order valence-electron chi connectivity index (χ0n) is 28.3. The molecule has 3 fully saturated rings. The van der Waals surface area contributed by atoms with E-state index >= 15 is 0 Å². The first-order valence-corrected chi connectivity index (χ1v) is 16.4. The molecule has 0 radical (unpaired) electrons. The molecule has 0 unspecified atom stereocenters. The van der Waals surface area contributed by atoms with E-state index in [9.17, 15) is 39.0 Å². The molecule has 4 rings (SSSR count). The number of esters is 6. The predicted octanol–water partition coefficient (Wildman–Crippen LogP) is 1.08. The summed E-state index contributed by atoms with van der Waals surface area (Å²) in [5.74, 6) is -8.64. The number of carbonyl (C=O) groups is 6. The Morgan fingerprint density at radius 2 is 1.55 bits per heavy atom. The van der Waals surface area contributed by atoms with Crippen molar-refractivity contribution in [2.45, 2.75) is 103 Å². The number of aliphatic hydroxyl groups excluding tert-OH is 1. The van der Waals surface area contributed by atoms with E-state index < -0.39 is 107 Å². The van der Waals surface area contributed by atoms with Gasteiger partial charge in [0.2, 0.25) is 0 Å². The number of carbonyl (C=O) groups excluding carboxylic acids is 6. The van der Waals surface area contributed by atoms with Crippen molar-refractivity contribution < 1.29 is 72.1 Å². The van der Waals surface area contributed by atoms with E-state index in [4.69, 9.17) is 44.8 Å². The van der Waals surface area contributed by atoms with Gasteiger partial charge in [-0.1, -0.05) is 26.8 Å². The molecule has 16 heteroatoms. The Morgan fingerprint density at radius 3 is 2.06 bits per heavy atom. The number of allylic oxidation sites excluding steroid dienone is 2. The standard InChI is InChI=1S/C33H43ClO15/c1-15(2)10-23(39)49-27-25(44-17(4)36)28(45-18(5)37)32(14-43-32)26-29(46-19(6)38)33(42)16(3)30(41)48-22(33)11-20(12-34)8-9-21(31(26,27)7)47-24(40)13-35/h8-9,11,15-16,21-22,25-29,35,42H,10,12-14H2,1-7H3/b9-8-,20-11+/t16-,21-,22-,25+,26+,27-,28+,29-,31+,32-,33-/m0/s1. The number of fused-ring (bicyclic) bond motifs is 3. The number of rotatable bonds is 9. The molecule has 1 saturated carbocycles. The van der Waals surface area contributed by atoms with Crippen molar-refractivity contribution in [3.63, 3.8) is 0 Å². The molecular formula is C33H43ClO15. The lowest BCUT2D eigenvalue weighted by Gasteiger charge is -2.59. The molecule has 2 heterocycles. The minimum Gasteiger partial charge on any atom is -0.459 e. The Hall–Kier alpha value is -3.53. The summed E-state index contributed by atoms with van der Waals surface area (Å²) >= 11 is 6.26. The monoisotopic (exact) mass is 714 g/mol. The summed E-state index contributed by atoms with van der Waals surface area (Å²) in [6.45, 7) is 8.26. The van der Waals surface area contributed by atoms with Crippen molar-refractivity contribution in [2.24, 2.45) is 23.2 Å². The van der Waals surface area contributed by atoms with E-state index in [-0.39, 0.29) is 30.4 Å². The van der Waals surface area contributed by atoms with Crippen LogP contribution in [0.15, 0.2) is 23.8 Å². The zero-order valence-corrected chi connectivity index (χ0v) is 29.1. The quantitative estimate of drug-likeness (QED) is 0.148. The van der Waals surface area contributed by atoms with Crippen LogP contribution in [-0.2, 0) is 61.9 Å². The molecule has 2 aliphatic heterocycles. The van der Waals surface area contributed by atoms with Crippen LogP contribution in [0.4, 0.5) is 0 Å². The normalized spacial score (nSPS) is 39.7. The maximum Gasteiger partial charge on any atom is 0.332 e. The third-order valence-electron chi connectivity index (χ3n) is 9.60. The number of hydrogen-bond acceptors (Lipinski definition) is 15. The van der Waals surface area contributed by atoms with Gasteiger partial charge in [0.25, 0.3) is 0 Å². The zero-order chi connectivity index (χ0) is 36.6. The van der Waals surface area contributed by atoms with Crippen LogP contribution in [0.3, 0.4) is 0 Å². The highest BCUT2D eigenvalue weighted by Gasteiger charge is 2.81. The molecule has 2 aliphatic carbocycles. The molecule has 2 saturated heterocycles. The fourth-order valence-electron chi connectivity index (χ4n) is 7.44. The number of epoxide rings is 1. The maximum atomic E-state index is 13.5. The van der Waals surface area contributed by atoms with Crippen molar-refractivity contribution in [1.29, 1.82) is 0 Å². The highest BCUT2D eigenvalue weighted by molar-refractivity contribution is 6.19. The van der Waals surface area contributed by atoms with Crippen LogP contribution in [0.1, 0.15) is 54.9 Å². The van der Waals surface area contributed by atoms with Crippen LogP contribution in [-0.4, -0.2) is 113 Å². The summed E-state index contributed by atoms with van der Waals surface area (Å²) in [5.41, 5.74) is -5.81. The molecule has 0 amide bonds. The van der Waals surface area contributed by atoms with E-state index in [1.165, 1.54) is 32.1 Å². The summed E-state index contributed by atoms with van der Waals surface area (Å²) < 4.78 is 41.1. The Kier molecular flexibility index (Phi) is 11.2. The van der Waals surface area contributed by atoms with E-state index in [2.05, 4.69) is 0 Å². The SMILES string of the molecule is CC(=O)O[C@H]1[C@@H](OC(C)=O)[C@]2(CO2)[C@@H]2[C@H](OC(C)=O)[C@@]3(O)[C@H](/C=C(CCl)\C=C/[C@H](OC(=O)CO)[C@@]2(C)[C@H]1OC(=O)CC(C)C)OC(=O)[C@@H]3C. The number of alkyl halides is 1. The summed E-state index contributed by atoms with van der Waals surface area (Å²) in [6, 6.07) is 0. The largest absolute Gasteiger partial charge is 0.459 e. The molecule has 0 aromatic carbocycles. The minimum atomic E-state index is -2.39. The Morgan fingerprint density at radius 1 is 0.959 bits per heavy atom. The maximum absolute atomic E-state index is 13.5. The molecule has 0 aromatic rings. The van der Waals surface area contributed by atoms with E-state index in [0.717, 1.165) is 20.8 Å². The van der Waals surface area contributed by atoms with Crippen LogP contribution in [0.5, 0.6) is 0 Å².